The molecule has 148 valence electrons. The van der Waals surface area contributed by atoms with Gasteiger partial charge in [0.25, 0.3) is 0 Å². The van der Waals surface area contributed by atoms with E-state index >= 15 is 0 Å². The van der Waals surface area contributed by atoms with Gasteiger partial charge in [-0.05, 0) is 29.5 Å². The molecule has 1 aliphatic carbocycles. The number of carbonyl (C=O) groups is 1. The predicted octanol–water partition coefficient (Wildman–Crippen LogP) is 2.86. The molecule has 0 spiro atoms. The SMILES string of the molecule is COCC(NC(=O)[C@H]1C[C@@H]1c1ccccc1)c1ccc(O[C@H]2CCOC2)nc1. The highest BCUT2D eigenvalue weighted by Gasteiger charge is 2.44. The normalized spacial score (nSPS) is 24.5. The van der Waals surface area contributed by atoms with E-state index in [1.165, 1.54) is 5.56 Å². The van der Waals surface area contributed by atoms with Crippen molar-refractivity contribution in [1.82, 2.24) is 10.3 Å². The number of rotatable bonds is 8. The molecule has 1 aromatic heterocycles. The van der Waals surface area contributed by atoms with E-state index in [9.17, 15) is 4.79 Å². The zero-order chi connectivity index (χ0) is 19.3. The minimum absolute atomic E-state index is 0.0275. The van der Waals surface area contributed by atoms with Crippen LogP contribution in [0.1, 0.15) is 35.9 Å². The zero-order valence-corrected chi connectivity index (χ0v) is 16.0. The van der Waals surface area contributed by atoms with Crippen molar-refractivity contribution in [3.63, 3.8) is 0 Å². The molecule has 0 radical (unpaired) electrons. The Morgan fingerprint density at radius 2 is 2.14 bits per heavy atom. The lowest BCUT2D eigenvalue weighted by Crippen LogP contribution is -2.32. The number of methoxy groups -OCH3 is 1. The van der Waals surface area contributed by atoms with Crippen LogP contribution < -0.4 is 10.1 Å². The average molecular weight is 382 g/mol. The summed E-state index contributed by atoms with van der Waals surface area (Å²) < 4.78 is 16.4. The smallest absolute Gasteiger partial charge is 0.224 e. The largest absolute Gasteiger partial charge is 0.472 e. The summed E-state index contributed by atoms with van der Waals surface area (Å²) >= 11 is 0. The van der Waals surface area contributed by atoms with Gasteiger partial charge in [0.2, 0.25) is 11.8 Å². The van der Waals surface area contributed by atoms with Crippen molar-refractivity contribution in [2.75, 3.05) is 26.9 Å². The highest BCUT2D eigenvalue weighted by Crippen LogP contribution is 2.47. The molecule has 1 saturated carbocycles. The summed E-state index contributed by atoms with van der Waals surface area (Å²) in [6.07, 6.45) is 3.59. The van der Waals surface area contributed by atoms with Crippen molar-refractivity contribution in [2.24, 2.45) is 5.92 Å². The van der Waals surface area contributed by atoms with Crippen LogP contribution in [0.25, 0.3) is 0 Å². The Bertz CT molecular complexity index is 775. The van der Waals surface area contributed by atoms with E-state index in [4.69, 9.17) is 14.2 Å². The molecule has 1 amide bonds. The lowest BCUT2D eigenvalue weighted by atomic mass is 10.1. The number of hydrogen-bond acceptors (Lipinski definition) is 5. The summed E-state index contributed by atoms with van der Waals surface area (Å²) in [5, 5.41) is 3.12. The van der Waals surface area contributed by atoms with Crippen molar-refractivity contribution in [3.05, 3.63) is 59.8 Å². The fourth-order valence-corrected chi connectivity index (χ4v) is 3.66. The number of benzene rings is 1. The number of ether oxygens (including phenoxy) is 3. The highest BCUT2D eigenvalue weighted by molar-refractivity contribution is 5.83. The van der Waals surface area contributed by atoms with Crippen LogP contribution in [0.4, 0.5) is 0 Å². The van der Waals surface area contributed by atoms with Crippen LogP contribution in [-0.2, 0) is 14.3 Å². The van der Waals surface area contributed by atoms with Crippen molar-refractivity contribution >= 4 is 5.91 Å². The molecule has 6 heteroatoms. The first kappa shape index (κ1) is 18.9. The molecule has 1 aliphatic heterocycles. The predicted molar refractivity (Wildman–Crippen MR) is 104 cm³/mol. The third kappa shape index (κ3) is 4.51. The summed E-state index contributed by atoms with van der Waals surface area (Å²) in [5.74, 6) is 0.985. The molecule has 2 aromatic rings. The maximum atomic E-state index is 12.7. The van der Waals surface area contributed by atoms with E-state index < -0.39 is 0 Å². The molecule has 4 atom stereocenters. The number of nitrogens with zero attached hydrogens (tertiary/aromatic N) is 1. The Morgan fingerprint density at radius 1 is 1.29 bits per heavy atom. The number of pyridine rings is 1. The van der Waals surface area contributed by atoms with Gasteiger partial charge in [-0.3, -0.25) is 4.79 Å². The fraction of sp³-hybridized carbons (Fsp3) is 0.455. The molecular formula is C22H26N2O4. The van der Waals surface area contributed by atoms with Crippen LogP contribution in [0.3, 0.4) is 0 Å². The van der Waals surface area contributed by atoms with Crippen LogP contribution in [0.5, 0.6) is 5.88 Å². The zero-order valence-electron chi connectivity index (χ0n) is 16.0. The third-order valence-electron chi connectivity index (χ3n) is 5.34. The van der Waals surface area contributed by atoms with E-state index in [0.717, 1.165) is 25.0 Å². The molecule has 1 saturated heterocycles. The molecule has 2 fully saturated rings. The topological polar surface area (TPSA) is 69.7 Å². The van der Waals surface area contributed by atoms with Gasteiger partial charge in [-0.1, -0.05) is 30.3 Å². The minimum atomic E-state index is -0.231. The van der Waals surface area contributed by atoms with Gasteiger partial charge in [0.05, 0.1) is 25.9 Å². The van der Waals surface area contributed by atoms with E-state index in [2.05, 4.69) is 22.4 Å². The maximum Gasteiger partial charge on any atom is 0.224 e. The van der Waals surface area contributed by atoms with Crippen molar-refractivity contribution in [1.29, 1.82) is 0 Å². The van der Waals surface area contributed by atoms with E-state index in [1.807, 2.05) is 30.3 Å². The fourth-order valence-electron chi connectivity index (χ4n) is 3.66. The molecule has 1 unspecified atom stereocenters. The maximum absolute atomic E-state index is 12.7. The molecule has 1 aromatic carbocycles. The Labute approximate surface area is 165 Å². The summed E-state index contributed by atoms with van der Waals surface area (Å²) in [5.41, 5.74) is 2.13. The molecule has 28 heavy (non-hydrogen) atoms. The van der Waals surface area contributed by atoms with Gasteiger partial charge in [-0.2, -0.15) is 0 Å². The highest BCUT2D eigenvalue weighted by atomic mass is 16.5. The first-order valence-electron chi connectivity index (χ1n) is 9.79. The molecular weight excluding hydrogens is 356 g/mol. The van der Waals surface area contributed by atoms with Crippen LogP contribution in [0, 0.1) is 5.92 Å². The molecule has 1 N–H and O–H groups in total. The standard InChI is InChI=1S/C22H26N2O4/c1-26-14-20(16-7-8-21(23-12-16)28-17-9-10-27-13-17)24-22(25)19-11-18(19)15-5-3-2-4-6-15/h2-8,12,17-20H,9-11,13-14H2,1H3,(H,24,25)/t17-,18+,19-,20?/m0/s1. The monoisotopic (exact) mass is 382 g/mol. The average Bonchev–Trinajstić information content (AvgIpc) is 3.38. The van der Waals surface area contributed by atoms with Crippen LogP contribution in [0.2, 0.25) is 0 Å². The molecule has 0 bridgehead atoms. The first-order chi connectivity index (χ1) is 13.7. The second-order valence-corrected chi connectivity index (χ2v) is 7.41. The van der Waals surface area contributed by atoms with Gasteiger partial charge in [0.15, 0.2) is 0 Å². The molecule has 2 heterocycles. The van der Waals surface area contributed by atoms with Crippen LogP contribution >= 0.6 is 0 Å². The van der Waals surface area contributed by atoms with Gasteiger partial charge < -0.3 is 19.5 Å². The van der Waals surface area contributed by atoms with E-state index in [0.29, 0.717) is 25.0 Å². The molecule has 4 rings (SSSR count). The second-order valence-electron chi connectivity index (χ2n) is 7.41. The van der Waals surface area contributed by atoms with Crippen molar-refractivity contribution in [3.8, 4) is 5.88 Å². The number of hydrogen-bond donors (Lipinski definition) is 1. The summed E-state index contributed by atoms with van der Waals surface area (Å²) in [4.78, 5) is 17.1. The van der Waals surface area contributed by atoms with Crippen molar-refractivity contribution < 1.29 is 19.0 Å². The van der Waals surface area contributed by atoms with Gasteiger partial charge in [-0.25, -0.2) is 4.98 Å². The number of carbonyl (C=O) groups excluding carboxylic acids is 1. The van der Waals surface area contributed by atoms with E-state index in [-0.39, 0.29) is 24.0 Å². The number of aromatic nitrogens is 1. The summed E-state index contributed by atoms with van der Waals surface area (Å²) in [6.45, 7) is 1.73. The second kappa shape index (κ2) is 8.71. The van der Waals surface area contributed by atoms with Gasteiger partial charge in [0, 0.05) is 31.7 Å². The lowest BCUT2D eigenvalue weighted by Gasteiger charge is -2.19. The molecule has 6 nitrogen and oxygen atoms in total. The Balaban J connectivity index is 1.36. The minimum Gasteiger partial charge on any atom is -0.472 e. The van der Waals surface area contributed by atoms with Gasteiger partial charge in [0.1, 0.15) is 6.10 Å². The Hall–Kier alpha value is -2.44. The van der Waals surface area contributed by atoms with Crippen molar-refractivity contribution in [2.45, 2.75) is 30.9 Å². The van der Waals surface area contributed by atoms with E-state index in [1.54, 1.807) is 13.3 Å². The third-order valence-corrected chi connectivity index (χ3v) is 5.34. The van der Waals surface area contributed by atoms with Crippen LogP contribution in [0.15, 0.2) is 48.7 Å². The first-order valence-corrected chi connectivity index (χ1v) is 9.79. The summed E-state index contributed by atoms with van der Waals surface area (Å²) in [6, 6.07) is 13.7. The van der Waals surface area contributed by atoms with Gasteiger partial charge in [-0.15, -0.1) is 0 Å². The Kier molecular flexibility index (Phi) is 5.88. The quantitative estimate of drug-likeness (QED) is 0.760. The Morgan fingerprint density at radius 3 is 2.82 bits per heavy atom. The number of nitrogens with one attached hydrogen (secondary N) is 1. The van der Waals surface area contributed by atoms with Gasteiger partial charge >= 0.3 is 0 Å². The lowest BCUT2D eigenvalue weighted by molar-refractivity contribution is -0.123. The summed E-state index contributed by atoms with van der Waals surface area (Å²) in [7, 11) is 1.63. The van der Waals surface area contributed by atoms with Crippen LogP contribution in [-0.4, -0.2) is 43.9 Å². The number of amides is 1. The molecule has 2 aliphatic rings.